The normalized spacial score (nSPS) is 10.8. The van der Waals surface area contributed by atoms with Gasteiger partial charge in [0.1, 0.15) is 5.82 Å². The van der Waals surface area contributed by atoms with Gasteiger partial charge in [0.15, 0.2) is 5.82 Å². The molecule has 0 aliphatic carbocycles. The van der Waals surface area contributed by atoms with E-state index in [1.807, 2.05) is 0 Å². The van der Waals surface area contributed by atoms with Gasteiger partial charge in [-0.25, -0.2) is 4.39 Å². The summed E-state index contributed by atoms with van der Waals surface area (Å²) in [5, 5.41) is 6.83. The molecule has 6 heteroatoms. The summed E-state index contributed by atoms with van der Waals surface area (Å²) in [7, 11) is 1.67. The average Bonchev–Trinajstić information content (AvgIpc) is 2.85. The van der Waals surface area contributed by atoms with Gasteiger partial charge >= 0.3 is 0 Å². The molecule has 0 amide bonds. The van der Waals surface area contributed by atoms with Crippen LogP contribution in [-0.4, -0.2) is 14.8 Å². The van der Waals surface area contributed by atoms with Crippen molar-refractivity contribution in [1.82, 2.24) is 14.8 Å². The van der Waals surface area contributed by atoms with Crippen molar-refractivity contribution in [3.63, 3.8) is 0 Å². The number of nitrogens with two attached hydrogens (primary N) is 1. The minimum Gasteiger partial charge on any atom is -0.382 e. The Bertz CT molecular complexity index is 849. The fraction of sp³-hybridized carbons (Fsp3) is 0.0667. The maximum absolute atomic E-state index is 13.1. The topological polar surface area (TPSA) is 76.7 Å². The van der Waals surface area contributed by atoms with E-state index in [0.717, 1.165) is 5.56 Å². The van der Waals surface area contributed by atoms with Crippen molar-refractivity contribution >= 4 is 5.82 Å². The Morgan fingerprint density at radius 3 is 2.57 bits per heavy atom. The number of hydrogen-bond acceptors (Lipinski definition) is 3. The largest absolute Gasteiger partial charge is 0.382 e. The third kappa shape index (κ3) is 2.31. The molecule has 0 saturated carbocycles. The number of nitrogens with one attached hydrogen (secondary N) is 1. The van der Waals surface area contributed by atoms with Crippen molar-refractivity contribution in [2.75, 3.05) is 5.73 Å². The quantitative estimate of drug-likeness (QED) is 0.757. The molecule has 2 heterocycles. The van der Waals surface area contributed by atoms with E-state index in [4.69, 9.17) is 5.73 Å². The first-order valence-electron chi connectivity index (χ1n) is 6.33. The number of nitrogen functional groups attached to an aromatic ring is 1. The van der Waals surface area contributed by atoms with Crippen LogP contribution in [0.25, 0.3) is 22.4 Å². The molecule has 0 radical (unpaired) electrons. The van der Waals surface area contributed by atoms with E-state index in [-0.39, 0.29) is 11.4 Å². The van der Waals surface area contributed by atoms with Gasteiger partial charge in [-0.05, 0) is 23.8 Å². The number of halogens is 1. The monoisotopic (exact) mass is 284 g/mol. The summed E-state index contributed by atoms with van der Waals surface area (Å²) in [5.74, 6) is -0.0202. The van der Waals surface area contributed by atoms with E-state index >= 15 is 0 Å². The molecule has 3 N–H and O–H groups in total. The zero-order valence-corrected chi connectivity index (χ0v) is 11.3. The SMILES string of the molecule is Cn1ccc(-c2[nH]nc(N)c2-c2ccc(F)cc2)cc1=O. The number of rotatable bonds is 2. The van der Waals surface area contributed by atoms with Crippen molar-refractivity contribution in [3.05, 3.63) is 58.8 Å². The van der Waals surface area contributed by atoms with Crippen LogP contribution >= 0.6 is 0 Å². The van der Waals surface area contributed by atoms with Crippen LogP contribution < -0.4 is 11.3 Å². The van der Waals surface area contributed by atoms with Gasteiger partial charge in [-0.3, -0.25) is 9.89 Å². The molecule has 0 saturated heterocycles. The minimum absolute atomic E-state index is 0.134. The number of nitrogens with zero attached hydrogens (tertiary/aromatic N) is 2. The van der Waals surface area contributed by atoms with Crippen LogP contribution in [0.1, 0.15) is 0 Å². The van der Waals surface area contributed by atoms with Crippen molar-refractivity contribution < 1.29 is 4.39 Å². The lowest BCUT2D eigenvalue weighted by molar-refractivity contribution is 0.628. The van der Waals surface area contributed by atoms with E-state index in [0.29, 0.717) is 22.6 Å². The maximum Gasteiger partial charge on any atom is 0.250 e. The second kappa shape index (κ2) is 4.90. The van der Waals surface area contributed by atoms with Crippen LogP contribution in [0.5, 0.6) is 0 Å². The van der Waals surface area contributed by atoms with Crippen molar-refractivity contribution in [3.8, 4) is 22.4 Å². The molecule has 0 spiro atoms. The Balaban J connectivity index is 2.18. The first-order valence-corrected chi connectivity index (χ1v) is 6.33. The first kappa shape index (κ1) is 13.1. The van der Waals surface area contributed by atoms with Crippen molar-refractivity contribution in [1.29, 1.82) is 0 Å². The number of H-pyrrole nitrogens is 1. The van der Waals surface area contributed by atoms with Gasteiger partial charge in [-0.15, -0.1) is 0 Å². The Hall–Kier alpha value is -2.89. The molecule has 5 nitrogen and oxygen atoms in total. The zero-order valence-electron chi connectivity index (χ0n) is 11.3. The van der Waals surface area contributed by atoms with E-state index < -0.39 is 0 Å². The fourth-order valence-corrected chi connectivity index (χ4v) is 2.18. The first-order chi connectivity index (χ1) is 10.1. The van der Waals surface area contributed by atoms with E-state index in [9.17, 15) is 9.18 Å². The Morgan fingerprint density at radius 2 is 1.90 bits per heavy atom. The summed E-state index contributed by atoms with van der Waals surface area (Å²) >= 11 is 0. The van der Waals surface area contributed by atoms with Gasteiger partial charge in [0.05, 0.1) is 11.3 Å². The standard InChI is InChI=1S/C15H13FN4O/c1-20-7-6-10(8-12(20)21)14-13(15(17)19-18-14)9-2-4-11(16)5-3-9/h2-8H,1H3,(H3,17,18,19). The molecule has 0 aliphatic rings. The number of anilines is 1. The number of aryl methyl sites for hydroxylation is 1. The summed E-state index contributed by atoms with van der Waals surface area (Å²) in [5.41, 5.74) is 8.47. The smallest absolute Gasteiger partial charge is 0.250 e. The third-order valence-electron chi connectivity index (χ3n) is 3.32. The van der Waals surface area contributed by atoms with Crippen LogP contribution in [0.15, 0.2) is 47.4 Å². The highest BCUT2D eigenvalue weighted by Crippen LogP contribution is 2.34. The molecule has 0 aliphatic heterocycles. The number of aromatic amines is 1. The van der Waals surface area contributed by atoms with Gasteiger partial charge < -0.3 is 10.3 Å². The summed E-state index contributed by atoms with van der Waals surface area (Å²) in [6.45, 7) is 0. The lowest BCUT2D eigenvalue weighted by Crippen LogP contribution is -2.14. The molecule has 0 atom stereocenters. The lowest BCUT2D eigenvalue weighted by Gasteiger charge is -2.05. The summed E-state index contributed by atoms with van der Waals surface area (Å²) in [6.07, 6.45) is 1.67. The molecule has 106 valence electrons. The predicted molar refractivity (Wildman–Crippen MR) is 79.1 cm³/mol. The highest BCUT2D eigenvalue weighted by Gasteiger charge is 2.15. The molecule has 2 aromatic heterocycles. The molecule has 1 aromatic carbocycles. The molecule has 3 aromatic rings. The summed E-state index contributed by atoms with van der Waals surface area (Å²) < 4.78 is 14.5. The van der Waals surface area contributed by atoms with Gasteiger partial charge in [0.2, 0.25) is 0 Å². The highest BCUT2D eigenvalue weighted by molar-refractivity contribution is 5.87. The predicted octanol–water partition coefficient (Wildman–Crippen LogP) is 2.16. The van der Waals surface area contributed by atoms with Gasteiger partial charge in [-0.1, -0.05) is 12.1 Å². The fourth-order valence-electron chi connectivity index (χ4n) is 2.18. The maximum atomic E-state index is 13.1. The van der Waals surface area contributed by atoms with Crippen LogP contribution in [0.4, 0.5) is 10.2 Å². The molecule has 0 bridgehead atoms. The van der Waals surface area contributed by atoms with Gasteiger partial charge in [-0.2, -0.15) is 5.10 Å². The molecular weight excluding hydrogens is 271 g/mol. The number of aromatic nitrogens is 3. The third-order valence-corrected chi connectivity index (χ3v) is 3.32. The van der Waals surface area contributed by atoms with E-state index in [1.54, 1.807) is 31.4 Å². The van der Waals surface area contributed by atoms with Crippen LogP contribution in [-0.2, 0) is 7.05 Å². The molecule has 21 heavy (non-hydrogen) atoms. The summed E-state index contributed by atoms with van der Waals surface area (Å²) in [4.78, 5) is 11.8. The number of pyridine rings is 1. The molecule has 3 rings (SSSR count). The highest BCUT2D eigenvalue weighted by atomic mass is 19.1. The second-order valence-electron chi connectivity index (χ2n) is 4.73. The Morgan fingerprint density at radius 1 is 1.19 bits per heavy atom. The van der Waals surface area contributed by atoms with Crippen LogP contribution in [0.3, 0.4) is 0 Å². The van der Waals surface area contributed by atoms with Crippen LogP contribution in [0, 0.1) is 5.82 Å². The Kier molecular flexibility index (Phi) is 3.06. The number of benzene rings is 1. The zero-order chi connectivity index (χ0) is 15.0. The molecule has 0 unspecified atom stereocenters. The Labute approximate surface area is 119 Å². The van der Waals surface area contributed by atoms with Gasteiger partial charge in [0.25, 0.3) is 5.56 Å². The van der Waals surface area contributed by atoms with E-state index in [1.165, 1.54) is 22.8 Å². The average molecular weight is 284 g/mol. The van der Waals surface area contributed by atoms with Crippen molar-refractivity contribution in [2.24, 2.45) is 7.05 Å². The molecular formula is C15H13FN4O. The second-order valence-corrected chi connectivity index (χ2v) is 4.73. The van der Waals surface area contributed by atoms with Crippen LogP contribution in [0.2, 0.25) is 0 Å². The number of hydrogen-bond donors (Lipinski definition) is 2. The van der Waals surface area contributed by atoms with Gasteiger partial charge in [0, 0.05) is 24.9 Å². The lowest BCUT2D eigenvalue weighted by atomic mass is 10.0. The van der Waals surface area contributed by atoms with E-state index in [2.05, 4.69) is 10.2 Å². The molecule has 0 fully saturated rings. The summed E-state index contributed by atoms with van der Waals surface area (Å²) in [6, 6.07) is 9.26. The van der Waals surface area contributed by atoms with Crippen molar-refractivity contribution in [2.45, 2.75) is 0 Å². The minimum atomic E-state index is -0.323.